The third-order valence-electron chi connectivity index (χ3n) is 5.92. The number of esters is 1. The van der Waals surface area contributed by atoms with Crippen LogP contribution in [-0.4, -0.2) is 41.3 Å². The predicted octanol–water partition coefficient (Wildman–Crippen LogP) is 4.90. The molecule has 4 aromatic rings. The van der Waals surface area contributed by atoms with Gasteiger partial charge in [0.05, 0.1) is 56.2 Å². The highest BCUT2D eigenvalue weighted by Crippen LogP contribution is 2.27. The molecular weight excluding hydrogens is 444 g/mol. The van der Waals surface area contributed by atoms with Crippen LogP contribution in [-0.2, 0) is 17.8 Å². The Kier molecular flexibility index (Phi) is 7.19. The van der Waals surface area contributed by atoms with Gasteiger partial charge in [-0.15, -0.1) is 0 Å². The first kappa shape index (κ1) is 24.1. The van der Waals surface area contributed by atoms with Crippen molar-refractivity contribution in [1.29, 1.82) is 0 Å². The van der Waals surface area contributed by atoms with E-state index in [4.69, 9.17) is 19.2 Å². The highest BCUT2D eigenvalue weighted by Gasteiger charge is 2.16. The number of rotatable bonds is 9. The fourth-order valence-corrected chi connectivity index (χ4v) is 4.09. The first-order valence-corrected chi connectivity index (χ1v) is 11.5. The number of carbonyl (C=O) groups is 1. The van der Waals surface area contributed by atoms with Gasteiger partial charge in [-0.3, -0.25) is 4.98 Å². The quantitative estimate of drug-likeness (QED) is 0.345. The molecule has 0 aliphatic heterocycles. The Bertz CT molecular complexity index is 1350. The van der Waals surface area contributed by atoms with Crippen LogP contribution in [0.15, 0.2) is 48.7 Å². The van der Waals surface area contributed by atoms with Crippen LogP contribution < -0.4 is 14.8 Å². The summed E-state index contributed by atoms with van der Waals surface area (Å²) in [6.45, 7) is 7.15. The molecule has 0 atom stereocenters. The Morgan fingerprint density at radius 3 is 2.51 bits per heavy atom. The van der Waals surface area contributed by atoms with Gasteiger partial charge >= 0.3 is 5.97 Å². The maximum Gasteiger partial charge on any atom is 0.338 e. The molecule has 8 nitrogen and oxygen atoms in total. The molecule has 2 heterocycles. The molecule has 0 bridgehead atoms. The van der Waals surface area contributed by atoms with Crippen molar-refractivity contribution in [3.63, 3.8) is 0 Å². The van der Waals surface area contributed by atoms with Crippen LogP contribution in [0.25, 0.3) is 11.0 Å². The number of aromatic nitrogens is 3. The van der Waals surface area contributed by atoms with Gasteiger partial charge in [0.2, 0.25) is 5.95 Å². The molecule has 1 N–H and O–H groups in total. The number of hydrogen-bond acceptors (Lipinski definition) is 7. The van der Waals surface area contributed by atoms with Crippen molar-refractivity contribution in [2.45, 2.75) is 33.9 Å². The largest absolute Gasteiger partial charge is 0.497 e. The van der Waals surface area contributed by atoms with Gasteiger partial charge < -0.3 is 24.1 Å². The summed E-state index contributed by atoms with van der Waals surface area (Å²) in [4.78, 5) is 21.7. The first-order valence-electron chi connectivity index (χ1n) is 11.5. The second-order valence-electron chi connectivity index (χ2n) is 8.19. The molecule has 0 radical (unpaired) electrons. The normalized spacial score (nSPS) is 10.9. The predicted molar refractivity (Wildman–Crippen MR) is 135 cm³/mol. The Hall–Kier alpha value is -4.07. The summed E-state index contributed by atoms with van der Waals surface area (Å²) in [5.74, 6) is 1.96. The van der Waals surface area contributed by atoms with Crippen molar-refractivity contribution >= 4 is 23.0 Å². The third kappa shape index (κ3) is 5.06. The molecule has 4 rings (SSSR count). The van der Waals surface area contributed by atoms with Crippen molar-refractivity contribution in [3.8, 4) is 11.5 Å². The van der Waals surface area contributed by atoms with E-state index in [9.17, 15) is 4.79 Å². The standard InChI is InChI=1S/C27H30N4O4/c1-6-35-26(32)20-9-12-24-22(13-20)30-27(31(24)16-19-7-10-21(33-4)11-8-19)29-15-23-18(3)25(34-5)17(2)14-28-23/h7-14H,6,15-16H2,1-5H3,(H,29,30). The molecular formula is C27H30N4O4. The minimum absolute atomic E-state index is 0.321. The lowest BCUT2D eigenvalue weighted by molar-refractivity contribution is 0.0526. The van der Waals surface area contributed by atoms with E-state index in [2.05, 4.69) is 14.9 Å². The first-order chi connectivity index (χ1) is 16.9. The number of anilines is 1. The zero-order chi connectivity index (χ0) is 24.9. The lowest BCUT2D eigenvalue weighted by atomic mass is 10.1. The van der Waals surface area contributed by atoms with Gasteiger partial charge in [0.1, 0.15) is 11.5 Å². The highest BCUT2D eigenvalue weighted by molar-refractivity contribution is 5.94. The molecule has 182 valence electrons. The minimum atomic E-state index is -0.361. The number of carbonyl (C=O) groups excluding carboxylic acids is 1. The van der Waals surface area contributed by atoms with Gasteiger partial charge in [-0.2, -0.15) is 0 Å². The second kappa shape index (κ2) is 10.5. The van der Waals surface area contributed by atoms with Crippen molar-refractivity contribution in [2.24, 2.45) is 0 Å². The van der Waals surface area contributed by atoms with Crippen LogP contribution in [0, 0.1) is 13.8 Å². The van der Waals surface area contributed by atoms with E-state index in [0.29, 0.717) is 36.7 Å². The fraction of sp³-hybridized carbons (Fsp3) is 0.296. The van der Waals surface area contributed by atoms with E-state index in [-0.39, 0.29) is 5.97 Å². The number of aryl methyl sites for hydroxylation is 1. The molecule has 0 amide bonds. The lowest BCUT2D eigenvalue weighted by Gasteiger charge is -2.14. The number of pyridine rings is 1. The number of nitrogens with zero attached hydrogens (tertiary/aromatic N) is 3. The molecule has 0 aliphatic rings. The van der Waals surface area contributed by atoms with E-state index in [0.717, 1.165) is 39.4 Å². The van der Waals surface area contributed by atoms with E-state index in [1.54, 1.807) is 33.3 Å². The van der Waals surface area contributed by atoms with E-state index >= 15 is 0 Å². The van der Waals surface area contributed by atoms with Crippen molar-refractivity contribution in [2.75, 3.05) is 26.1 Å². The van der Waals surface area contributed by atoms with Gasteiger partial charge in [0, 0.05) is 17.3 Å². The summed E-state index contributed by atoms with van der Waals surface area (Å²) in [5.41, 5.74) is 6.03. The molecule has 0 saturated heterocycles. The van der Waals surface area contributed by atoms with Gasteiger partial charge in [-0.25, -0.2) is 9.78 Å². The Morgan fingerprint density at radius 2 is 1.83 bits per heavy atom. The number of methoxy groups -OCH3 is 2. The topological polar surface area (TPSA) is 87.5 Å². The summed E-state index contributed by atoms with van der Waals surface area (Å²) in [6.07, 6.45) is 1.81. The molecule has 2 aromatic carbocycles. The zero-order valence-electron chi connectivity index (χ0n) is 20.7. The Balaban J connectivity index is 1.70. The van der Waals surface area contributed by atoms with Crippen molar-refractivity contribution < 1.29 is 19.0 Å². The smallest absolute Gasteiger partial charge is 0.338 e. The van der Waals surface area contributed by atoms with E-state index in [1.807, 2.05) is 50.4 Å². The monoisotopic (exact) mass is 474 g/mol. The molecule has 0 saturated carbocycles. The third-order valence-corrected chi connectivity index (χ3v) is 5.92. The summed E-state index contributed by atoms with van der Waals surface area (Å²) >= 11 is 0. The van der Waals surface area contributed by atoms with Crippen LogP contribution in [0.4, 0.5) is 5.95 Å². The molecule has 0 aliphatic carbocycles. The molecule has 0 fully saturated rings. The van der Waals surface area contributed by atoms with Crippen LogP contribution in [0.3, 0.4) is 0 Å². The van der Waals surface area contributed by atoms with Crippen LogP contribution in [0.1, 0.15) is 39.7 Å². The molecule has 2 aromatic heterocycles. The summed E-state index contributed by atoms with van der Waals surface area (Å²) in [5, 5.41) is 3.44. The summed E-state index contributed by atoms with van der Waals surface area (Å²) in [6, 6.07) is 13.4. The molecule has 0 unspecified atom stereocenters. The summed E-state index contributed by atoms with van der Waals surface area (Å²) in [7, 11) is 3.32. The van der Waals surface area contributed by atoms with Gasteiger partial charge in [0.15, 0.2) is 0 Å². The lowest BCUT2D eigenvalue weighted by Crippen LogP contribution is -2.11. The number of benzene rings is 2. The zero-order valence-corrected chi connectivity index (χ0v) is 20.7. The van der Waals surface area contributed by atoms with Gasteiger partial charge in [-0.05, 0) is 56.7 Å². The average molecular weight is 475 g/mol. The number of imidazole rings is 1. The number of ether oxygens (including phenoxy) is 3. The number of hydrogen-bond donors (Lipinski definition) is 1. The minimum Gasteiger partial charge on any atom is -0.497 e. The van der Waals surface area contributed by atoms with Crippen molar-refractivity contribution in [3.05, 3.63) is 76.6 Å². The molecule has 35 heavy (non-hydrogen) atoms. The number of nitrogens with one attached hydrogen (secondary N) is 1. The van der Waals surface area contributed by atoms with Crippen molar-refractivity contribution in [1.82, 2.24) is 14.5 Å². The van der Waals surface area contributed by atoms with Crippen LogP contribution in [0.5, 0.6) is 11.5 Å². The fourth-order valence-electron chi connectivity index (χ4n) is 4.09. The van der Waals surface area contributed by atoms with Crippen LogP contribution in [0.2, 0.25) is 0 Å². The van der Waals surface area contributed by atoms with E-state index in [1.165, 1.54) is 0 Å². The second-order valence-corrected chi connectivity index (χ2v) is 8.19. The summed E-state index contributed by atoms with van der Waals surface area (Å²) < 4.78 is 18.1. The highest BCUT2D eigenvalue weighted by atomic mass is 16.5. The Labute approximate surface area is 204 Å². The van der Waals surface area contributed by atoms with Gasteiger partial charge in [-0.1, -0.05) is 12.1 Å². The van der Waals surface area contributed by atoms with E-state index < -0.39 is 0 Å². The number of fused-ring (bicyclic) bond motifs is 1. The molecule has 0 spiro atoms. The maximum atomic E-state index is 12.3. The SMILES string of the molecule is CCOC(=O)c1ccc2c(c1)nc(NCc1ncc(C)c(OC)c1C)n2Cc1ccc(OC)cc1. The Morgan fingerprint density at radius 1 is 1.06 bits per heavy atom. The molecule has 8 heteroatoms. The van der Waals surface area contributed by atoms with Gasteiger partial charge in [0.25, 0.3) is 0 Å². The van der Waals surface area contributed by atoms with Crippen LogP contribution >= 0.6 is 0 Å². The maximum absolute atomic E-state index is 12.3. The average Bonchev–Trinajstić information content (AvgIpc) is 3.21.